The van der Waals surface area contributed by atoms with Crippen molar-refractivity contribution in [2.45, 2.75) is 38.6 Å². The molecule has 1 rings (SSSR count). The van der Waals surface area contributed by atoms with Crippen LogP contribution in [0.1, 0.15) is 32.6 Å². The Hall–Kier alpha value is 0.350. The van der Waals surface area contributed by atoms with Crippen molar-refractivity contribution >= 4 is 26.0 Å². The quantitative estimate of drug-likeness (QED) is 0.553. The Bertz CT molecular complexity index is 308. The van der Waals surface area contributed by atoms with Gasteiger partial charge in [-0.25, -0.2) is 8.42 Å². The van der Waals surface area contributed by atoms with Crippen LogP contribution in [-0.2, 0) is 14.8 Å². The van der Waals surface area contributed by atoms with E-state index in [1.54, 1.807) is 4.31 Å². The molecule has 0 bridgehead atoms. The highest BCUT2D eigenvalue weighted by atomic mass is 79.9. The van der Waals surface area contributed by atoms with Gasteiger partial charge >= 0.3 is 0 Å². The summed E-state index contributed by atoms with van der Waals surface area (Å²) in [6.45, 7) is 3.40. The lowest BCUT2D eigenvalue weighted by molar-refractivity contribution is 0.162. The summed E-state index contributed by atoms with van der Waals surface area (Å²) in [7, 11) is -3.16. The summed E-state index contributed by atoms with van der Waals surface area (Å²) in [5, 5.41) is 0.723. The lowest BCUT2D eigenvalue weighted by Gasteiger charge is -2.27. The molecule has 1 unspecified atom stereocenters. The number of alkyl halides is 1. The summed E-state index contributed by atoms with van der Waals surface area (Å²) in [4.78, 5) is 0. The molecule has 0 saturated carbocycles. The molecule has 0 aromatic rings. The molecule has 1 aliphatic rings. The lowest BCUT2D eigenvalue weighted by atomic mass is 10.1. The molecule has 0 aromatic heterocycles. The zero-order valence-corrected chi connectivity index (χ0v) is 12.8. The molecule has 4 nitrogen and oxygen atoms in total. The minimum Gasteiger partial charge on any atom is -0.381 e. The van der Waals surface area contributed by atoms with Crippen LogP contribution in [0.2, 0.25) is 0 Å². The van der Waals surface area contributed by atoms with E-state index >= 15 is 0 Å². The van der Waals surface area contributed by atoms with Gasteiger partial charge in [-0.1, -0.05) is 28.8 Å². The minimum atomic E-state index is -3.16. The molecule has 1 atom stereocenters. The third kappa shape index (κ3) is 4.85. The summed E-state index contributed by atoms with van der Waals surface area (Å²) < 4.78 is 31.2. The molecular formula is C11H22BrNO3S. The SMILES string of the molecule is CCOCCS(=O)(=O)N1CCCCCC1CBr. The predicted octanol–water partition coefficient (Wildman–Crippen LogP) is 1.99. The van der Waals surface area contributed by atoms with E-state index in [0.717, 1.165) is 31.0 Å². The van der Waals surface area contributed by atoms with Crippen LogP contribution in [0.25, 0.3) is 0 Å². The first-order chi connectivity index (χ1) is 8.11. The van der Waals surface area contributed by atoms with E-state index in [1.807, 2.05) is 6.92 Å². The fourth-order valence-electron chi connectivity index (χ4n) is 2.10. The maximum atomic E-state index is 12.2. The van der Waals surface area contributed by atoms with Crippen LogP contribution in [-0.4, -0.2) is 49.6 Å². The maximum Gasteiger partial charge on any atom is 0.216 e. The van der Waals surface area contributed by atoms with Gasteiger partial charge in [0.05, 0.1) is 12.4 Å². The van der Waals surface area contributed by atoms with Crippen LogP contribution in [0, 0.1) is 0 Å². The molecule has 102 valence electrons. The Kier molecular flexibility index (Phi) is 6.99. The minimum absolute atomic E-state index is 0.102. The molecule has 0 spiro atoms. The molecule has 1 aliphatic heterocycles. The van der Waals surface area contributed by atoms with E-state index in [9.17, 15) is 8.42 Å². The van der Waals surface area contributed by atoms with Gasteiger partial charge < -0.3 is 4.74 Å². The second-order valence-corrected chi connectivity index (χ2v) is 6.97. The molecule has 1 fully saturated rings. The van der Waals surface area contributed by atoms with Crippen molar-refractivity contribution in [3.63, 3.8) is 0 Å². The number of hydrogen-bond acceptors (Lipinski definition) is 3. The molecule has 0 radical (unpaired) electrons. The Balaban J connectivity index is 2.64. The normalized spacial score (nSPS) is 23.5. The lowest BCUT2D eigenvalue weighted by Crippen LogP contribution is -2.42. The van der Waals surface area contributed by atoms with Crippen molar-refractivity contribution < 1.29 is 13.2 Å². The molecule has 0 amide bonds. The van der Waals surface area contributed by atoms with Crippen molar-refractivity contribution in [1.82, 2.24) is 4.31 Å². The van der Waals surface area contributed by atoms with E-state index in [2.05, 4.69) is 15.9 Å². The van der Waals surface area contributed by atoms with Crippen LogP contribution in [0.5, 0.6) is 0 Å². The van der Waals surface area contributed by atoms with Crippen molar-refractivity contribution in [2.24, 2.45) is 0 Å². The van der Waals surface area contributed by atoms with Gasteiger partial charge in [0.1, 0.15) is 0 Å². The van der Waals surface area contributed by atoms with Crippen molar-refractivity contribution in [2.75, 3.05) is 30.8 Å². The van der Waals surface area contributed by atoms with E-state index in [1.165, 1.54) is 0 Å². The molecule has 0 N–H and O–H groups in total. The maximum absolute atomic E-state index is 12.2. The summed E-state index contributed by atoms with van der Waals surface area (Å²) in [6.07, 6.45) is 4.17. The fraction of sp³-hybridized carbons (Fsp3) is 1.00. The second-order valence-electron chi connectivity index (χ2n) is 4.28. The monoisotopic (exact) mass is 327 g/mol. The van der Waals surface area contributed by atoms with Gasteiger partial charge in [0.2, 0.25) is 10.0 Å². The van der Waals surface area contributed by atoms with Crippen molar-refractivity contribution in [1.29, 1.82) is 0 Å². The first kappa shape index (κ1) is 15.4. The molecule has 0 aliphatic carbocycles. The predicted molar refractivity (Wildman–Crippen MR) is 73.0 cm³/mol. The van der Waals surface area contributed by atoms with E-state index < -0.39 is 10.0 Å². The Morgan fingerprint density at radius 3 is 2.76 bits per heavy atom. The van der Waals surface area contributed by atoms with Gasteiger partial charge in [-0.3, -0.25) is 0 Å². The number of rotatable bonds is 6. The van der Waals surface area contributed by atoms with Crippen molar-refractivity contribution in [3.8, 4) is 0 Å². The largest absolute Gasteiger partial charge is 0.381 e. The molecule has 6 heteroatoms. The zero-order valence-electron chi connectivity index (χ0n) is 10.4. The highest BCUT2D eigenvalue weighted by molar-refractivity contribution is 9.09. The number of ether oxygens (including phenoxy) is 1. The molecule has 17 heavy (non-hydrogen) atoms. The van der Waals surface area contributed by atoms with Crippen LogP contribution < -0.4 is 0 Å². The van der Waals surface area contributed by atoms with Gasteiger partial charge in [0, 0.05) is 24.5 Å². The van der Waals surface area contributed by atoms with Gasteiger partial charge in [-0.15, -0.1) is 0 Å². The third-order valence-corrected chi connectivity index (χ3v) is 5.67. The topological polar surface area (TPSA) is 46.6 Å². The number of nitrogens with zero attached hydrogens (tertiary/aromatic N) is 1. The van der Waals surface area contributed by atoms with Gasteiger partial charge in [0.25, 0.3) is 0 Å². The van der Waals surface area contributed by atoms with E-state index in [4.69, 9.17) is 4.74 Å². The smallest absolute Gasteiger partial charge is 0.216 e. The summed E-state index contributed by atoms with van der Waals surface area (Å²) in [5.74, 6) is 0.102. The van der Waals surface area contributed by atoms with Gasteiger partial charge in [0.15, 0.2) is 0 Å². The average molecular weight is 328 g/mol. The van der Waals surface area contributed by atoms with Crippen molar-refractivity contribution in [3.05, 3.63) is 0 Å². The molecule has 0 aromatic carbocycles. The highest BCUT2D eigenvalue weighted by Crippen LogP contribution is 2.21. The van der Waals surface area contributed by atoms with E-state index in [-0.39, 0.29) is 11.8 Å². The summed E-state index contributed by atoms with van der Waals surface area (Å²) in [5.41, 5.74) is 0. The molecular weight excluding hydrogens is 306 g/mol. The summed E-state index contributed by atoms with van der Waals surface area (Å²) >= 11 is 3.42. The Morgan fingerprint density at radius 1 is 1.35 bits per heavy atom. The zero-order chi connectivity index (χ0) is 12.7. The standard InChI is InChI=1S/C11H22BrNO3S/c1-2-16-8-9-17(14,15)13-7-5-3-4-6-11(13)10-12/h11H,2-10H2,1H3. The van der Waals surface area contributed by atoms with Crippen LogP contribution in [0.4, 0.5) is 0 Å². The average Bonchev–Trinajstić information content (AvgIpc) is 2.54. The molecule has 1 heterocycles. The van der Waals surface area contributed by atoms with Crippen LogP contribution >= 0.6 is 15.9 Å². The second kappa shape index (κ2) is 7.71. The number of hydrogen-bond donors (Lipinski definition) is 0. The van der Waals surface area contributed by atoms with Crippen LogP contribution in [0.3, 0.4) is 0 Å². The van der Waals surface area contributed by atoms with Gasteiger partial charge in [-0.2, -0.15) is 4.31 Å². The fourth-order valence-corrected chi connectivity index (χ4v) is 4.57. The Morgan fingerprint density at radius 2 is 2.12 bits per heavy atom. The number of halogens is 1. The van der Waals surface area contributed by atoms with E-state index in [0.29, 0.717) is 19.8 Å². The first-order valence-corrected chi connectivity index (χ1v) is 8.98. The third-order valence-electron chi connectivity index (χ3n) is 3.05. The van der Waals surface area contributed by atoms with Crippen LogP contribution in [0.15, 0.2) is 0 Å². The van der Waals surface area contributed by atoms with Gasteiger partial charge in [-0.05, 0) is 19.8 Å². The summed E-state index contributed by atoms with van der Waals surface area (Å²) in [6, 6.07) is 0.115. The Labute approximate surface area is 113 Å². The first-order valence-electron chi connectivity index (χ1n) is 6.25. The molecule has 1 saturated heterocycles. The highest BCUT2D eigenvalue weighted by Gasteiger charge is 2.29. The number of sulfonamides is 1.